The van der Waals surface area contributed by atoms with Crippen molar-refractivity contribution >= 4 is 16.5 Å². The van der Waals surface area contributed by atoms with Gasteiger partial charge in [-0.3, -0.25) is 0 Å². The van der Waals surface area contributed by atoms with Crippen LogP contribution in [0.1, 0.15) is 232 Å². The molecule has 0 nitrogen and oxygen atoms in total. The van der Waals surface area contributed by atoms with Crippen molar-refractivity contribution in [2.45, 2.75) is 232 Å². The highest BCUT2D eigenvalue weighted by Gasteiger charge is 1.97. The lowest BCUT2D eigenvalue weighted by Gasteiger charge is -2.05. The molecule has 0 aromatic carbocycles. The third-order valence-electron chi connectivity index (χ3n) is 8.94. The van der Waals surface area contributed by atoms with Gasteiger partial charge < -0.3 is 0 Å². The van der Waals surface area contributed by atoms with Crippen LogP contribution in [0.25, 0.3) is 0 Å². The van der Waals surface area contributed by atoms with Gasteiger partial charge >= 0.3 is 0 Å². The van der Waals surface area contributed by atoms with E-state index in [4.69, 9.17) is 0 Å². The van der Waals surface area contributed by atoms with Crippen LogP contribution in [0.4, 0.5) is 0 Å². The van der Waals surface area contributed by atoms with E-state index in [1.165, 1.54) is 247 Å². The summed E-state index contributed by atoms with van der Waals surface area (Å²) in [7, 11) is 2.56. The van der Waals surface area contributed by atoms with Gasteiger partial charge in [0.05, 0.1) is 0 Å². The van der Waals surface area contributed by atoms with Crippen LogP contribution in [0.3, 0.4) is 0 Å². The highest BCUT2D eigenvalue weighted by molar-refractivity contribution is 8.11. The lowest BCUT2D eigenvalue weighted by molar-refractivity contribution is 0.529. The molecule has 0 rings (SSSR count). The first kappa shape index (κ1) is 40.9. The summed E-state index contributed by atoms with van der Waals surface area (Å²) in [6.45, 7) is 4.62. The third-order valence-corrected chi connectivity index (χ3v) is 12.6. The van der Waals surface area contributed by atoms with Crippen molar-refractivity contribution in [1.29, 1.82) is 0 Å². The van der Waals surface area contributed by atoms with Crippen LogP contribution in [0.15, 0.2) is 0 Å². The number of rotatable bonds is 37. The predicted octanol–water partition coefficient (Wildman–Crippen LogP) is 15.6. The SMILES string of the molecule is CCCCCCCCCCCCCCCCCCCPPCCCCCCCCCCCCCCCCCCC. The largest absolute Gasteiger partial charge is 0.0992 e. The molecule has 0 amide bonds. The number of hydrogen-bond donors (Lipinski definition) is 0. The van der Waals surface area contributed by atoms with E-state index < -0.39 is 0 Å². The quantitative estimate of drug-likeness (QED) is 0.0493. The van der Waals surface area contributed by atoms with Crippen molar-refractivity contribution in [2.24, 2.45) is 0 Å². The first-order valence-corrected chi connectivity index (χ1v) is 22.8. The Bertz CT molecular complexity index is 372. The van der Waals surface area contributed by atoms with Crippen LogP contribution in [0.5, 0.6) is 0 Å². The topological polar surface area (TPSA) is 0 Å². The van der Waals surface area contributed by atoms with Crippen LogP contribution < -0.4 is 0 Å². The van der Waals surface area contributed by atoms with E-state index in [1.807, 2.05) is 0 Å². The fraction of sp³-hybridized carbons (Fsp3) is 1.00. The van der Waals surface area contributed by atoms with Crippen molar-refractivity contribution in [1.82, 2.24) is 0 Å². The average molecular weight is 599 g/mol. The summed E-state index contributed by atoms with van der Waals surface area (Å²) in [5.41, 5.74) is 0. The van der Waals surface area contributed by atoms with E-state index in [0.29, 0.717) is 0 Å². The standard InChI is InChI=1S/C38H80P2/c1-3-5-7-9-11-13-15-17-19-21-23-25-27-29-31-33-35-37-39-40-38-36-34-32-30-28-26-24-22-20-18-16-14-12-10-8-6-4-2/h39-40H,3-38H2,1-2H3. The van der Waals surface area contributed by atoms with Gasteiger partial charge in [0.15, 0.2) is 0 Å². The summed E-state index contributed by atoms with van der Waals surface area (Å²) in [5.74, 6) is 0. The van der Waals surface area contributed by atoms with Gasteiger partial charge in [0.2, 0.25) is 0 Å². The molecular weight excluding hydrogens is 518 g/mol. The minimum absolute atomic E-state index is 1.28. The first-order valence-electron chi connectivity index (χ1n) is 19.4. The molecule has 0 bridgehead atoms. The van der Waals surface area contributed by atoms with Crippen LogP contribution in [0, 0.1) is 0 Å². The van der Waals surface area contributed by atoms with Gasteiger partial charge in [-0.1, -0.05) is 236 Å². The molecule has 40 heavy (non-hydrogen) atoms. The van der Waals surface area contributed by atoms with Crippen molar-refractivity contribution < 1.29 is 0 Å². The smallest absolute Gasteiger partial charge is 0.0317 e. The second-order valence-corrected chi connectivity index (χ2v) is 17.0. The second-order valence-electron chi connectivity index (χ2n) is 13.2. The zero-order valence-corrected chi connectivity index (χ0v) is 30.5. The molecule has 2 heteroatoms. The van der Waals surface area contributed by atoms with E-state index in [9.17, 15) is 0 Å². The van der Waals surface area contributed by atoms with Gasteiger partial charge in [0, 0.05) is 0 Å². The Kier molecular flexibility index (Phi) is 40.7. The number of unbranched alkanes of at least 4 members (excludes halogenated alkanes) is 32. The Morgan fingerprint density at radius 2 is 0.350 bits per heavy atom. The molecule has 0 heterocycles. The highest BCUT2D eigenvalue weighted by Crippen LogP contribution is 2.38. The van der Waals surface area contributed by atoms with E-state index >= 15 is 0 Å². The molecule has 242 valence electrons. The third kappa shape index (κ3) is 38.9. The summed E-state index contributed by atoms with van der Waals surface area (Å²) >= 11 is 0. The van der Waals surface area contributed by atoms with E-state index in [1.54, 1.807) is 0 Å². The Morgan fingerprint density at radius 3 is 0.525 bits per heavy atom. The summed E-state index contributed by atoms with van der Waals surface area (Å²) in [5, 5.41) is 0. The molecule has 0 aliphatic carbocycles. The normalized spacial score (nSPS) is 12.2. The minimum Gasteiger partial charge on any atom is -0.0992 e. The maximum Gasteiger partial charge on any atom is -0.0317 e. The molecule has 0 radical (unpaired) electrons. The predicted molar refractivity (Wildman–Crippen MR) is 195 cm³/mol. The molecule has 2 unspecified atom stereocenters. The Morgan fingerprint density at radius 1 is 0.200 bits per heavy atom. The Balaban J connectivity index is 3.01. The van der Waals surface area contributed by atoms with Gasteiger partial charge in [-0.25, -0.2) is 0 Å². The number of hydrogen-bond acceptors (Lipinski definition) is 0. The molecule has 0 aromatic heterocycles. The van der Waals surface area contributed by atoms with Crippen LogP contribution in [0.2, 0.25) is 0 Å². The lowest BCUT2D eigenvalue weighted by atomic mass is 10.0. The Labute approximate surface area is 260 Å². The molecule has 0 saturated carbocycles. The fourth-order valence-electron chi connectivity index (χ4n) is 6.05. The van der Waals surface area contributed by atoms with Crippen molar-refractivity contribution in [2.75, 3.05) is 12.3 Å². The van der Waals surface area contributed by atoms with E-state index in [-0.39, 0.29) is 0 Å². The van der Waals surface area contributed by atoms with Gasteiger partial charge in [-0.2, -0.15) is 0 Å². The maximum atomic E-state index is 2.31. The van der Waals surface area contributed by atoms with E-state index in [0.717, 1.165) is 0 Å². The first-order chi connectivity index (χ1) is 19.9. The van der Waals surface area contributed by atoms with Crippen LogP contribution >= 0.6 is 16.5 Å². The minimum atomic E-state index is 1.28. The van der Waals surface area contributed by atoms with Crippen molar-refractivity contribution in [3.63, 3.8) is 0 Å². The van der Waals surface area contributed by atoms with Crippen LogP contribution in [-0.2, 0) is 0 Å². The van der Waals surface area contributed by atoms with Gasteiger partial charge in [0.25, 0.3) is 0 Å². The van der Waals surface area contributed by atoms with E-state index in [2.05, 4.69) is 13.8 Å². The molecule has 0 N–H and O–H groups in total. The second kappa shape index (κ2) is 39.9. The lowest BCUT2D eigenvalue weighted by Crippen LogP contribution is -1.84. The van der Waals surface area contributed by atoms with Crippen molar-refractivity contribution in [3.05, 3.63) is 0 Å². The van der Waals surface area contributed by atoms with Crippen LogP contribution in [-0.4, -0.2) is 12.3 Å². The fourth-order valence-corrected chi connectivity index (χ4v) is 9.38. The summed E-state index contributed by atoms with van der Waals surface area (Å²) in [6.07, 6.45) is 53.6. The summed E-state index contributed by atoms with van der Waals surface area (Å²) in [6, 6.07) is 0. The molecule has 0 saturated heterocycles. The summed E-state index contributed by atoms with van der Waals surface area (Å²) in [4.78, 5) is 0. The molecule has 2 atom stereocenters. The highest BCUT2D eigenvalue weighted by atomic mass is 32.0. The summed E-state index contributed by atoms with van der Waals surface area (Å²) < 4.78 is 0. The van der Waals surface area contributed by atoms with Crippen molar-refractivity contribution in [3.8, 4) is 0 Å². The molecule has 0 aliphatic rings. The van der Waals surface area contributed by atoms with Gasteiger partial charge in [-0.15, -0.1) is 0 Å². The molecule has 0 aromatic rings. The molecule has 0 spiro atoms. The molecule has 0 fully saturated rings. The van der Waals surface area contributed by atoms with Gasteiger partial charge in [0.1, 0.15) is 0 Å². The molecular formula is C38H80P2. The average Bonchev–Trinajstić information content (AvgIpc) is 2.97. The zero-order chi connectivity index (χ0) is 28.9. The zero-order valence-electron chi connectivity index (χ0n) is 28.5. The Hall–Kier alpha value is 0.860. The maximum absolute atomic E-state index is 2.31. The molecule has 0 aliphatic heterocycles. The van der Waals surface area contributed by atoms with Gasteiger partial charge in [-0.05, 0) is 25.2 Å². The monoisotopic (exact) mass is 599 g/mol.